The molecule has 2 aromatic rings. The Morgan fingerprint density at radius 2 is 1.84 bits per heavy atom. The van der Waals surface area contributed by atoms with Crippen LogP contribution in [-0.2, 0) is 0 Å². The van der Waals surface area contributed by atoms with Gasteiger partial charge >= 0.3 is 0 Å². The third-order valence-electron chi connectivity index (χ3n) is 2.56. The van der Waals surface area contributed by atoms with Gasteiger partial charge in [-0.25, -0.2) is 0 Å². The van der Waals surface area contributed by atoms with Crippen molar-refractivity contribution in [2.45, 2.75) is 0 Å². The van der Waals surface area contributed by atoms with Crippen molar-refractivity contribution in [1.29, 1.82) is 5.26 Å². The first-order valence-corrected chi connectivity index (χ1v) is 6.75. The summed E-state index contributed by atoms with van der Waals surface area (Å²) in [4.78, 5) is 12.2. The predicted octanol–water partition coefficient (Wildman–Crippen LogP) is 4.08. The first kappa shape index (κ1) is 13.5. The molecule has 0 aromatic heterocycles. The lowest BCUT2D eigenvalue weighted by Crippen LogP contribution is -2.01. The summed E-state index contributed by atoms with van der Waals surface area (Å²) in [6.45, 7) is 0. The summed E-state index contributed by atoms with van der Waals surface area (Å²) in [6.07, 6.45) is 1.62. The molecule has 92 valence electrons. The SMILES string of the molecule is N#C/C(=C\c1cccc(I)c1)C(=O)c1ccccc1. The van der Waals surface area contributed by atoms with Gasteiger partial charge in [-0.3, -0.25) is 4.79 Å². The Labute approximate surface area is 125 Å². The number of hydrogen-bond acceptors (Lipinski definition) is 2. The third-order valence-corrected chi connectivity index (χ3v) is 3.23. The maximum absolute atomic E-state index is 12.2. The van der Waals surface area contributed by atoms with Gasteiger partial charge in [0.05, 0.1) is 0 Å². The standard InChI is InChI=1S/C16H10INO/c17-15-8-4-5-12(10-15)9-14(11-18)16(19)13-6-2-1-3-7-13/h1-10H/b14-9+. The van der Waals surface area contributed by atoms with Gasteiger partial charge in [0.1, 0.15) is 11.6 Å². The normalized spacial score (nSPS) is 10.8. The van der Waals surface area contributed by atoms with Gasteiger partial charge in [-0.1, -0.05) is 42.5 Å². The van der Waals surface area contributed by atoms with Crippen LogP contribution in [0.25, 0.3) is 6.08 Å². The smallest absolute Gasteiger partial charge is 0.203 e. The molecule has 0 atom stereocenters. The van der Waals surface area contributed by atoms with Crippen molar-refractivity contribution < 1.29 is 4.79 Å². The van der Waals surface area contributed by atoms with Crippen LogP contribution in [-0.4, -0.2) is 5.78 Å². The van der Waals surface area contributed by atoms with Crippen molar-refractivity contribution in [3.05, 3.63) is 74.9 Å². The molecular weight excluding hydrogens is 349 g/mol. The van der Waals surface area contributed by atoms with Gasteiger partial charge in [0.2, 0.25) is 5.78 Å². The van der Waals surface area contributed by atoms with Gasteiger partial charge in [-0.05, 0) is 46.4 Å². The van der Waals surface area contributed by atoms with Crippen molar-refractivity contribution in [3.8, 4) is 6.07 Å². The lowest BCUT2D eigenvalue weighted by Gasteiger charge is -2.00. The molecule has 2 aromatic carbocycles. The van der Waals surface area contributed by atoms with Crippen LogP contribution in [0.4, 0.5) is 0 Å². The fourth-order valence-corrected chi connectivity index (χ4v) is 2.22. The zero-order valence-electron chi connectivity index (χ0n) is 10.0. The van der Waals surface area contributed by atoms with Crippen LogP contribution in [0.1, 0.15) is 15.9 Å². The van der Waals surface area contributed by atoms with Crippen LogP contribution in [0.15, 0.2) is 60.2 Å². The lowest BCUT2D eigenvalue weighted by molar-refractivity contribution is 0.104. The zero-order chi connectivity index (χ0) is 13.7. The fraction of sp³-hybridized carbons (Fsp3) is 0. The van der Waals surface area contributed by atoms with Crippen molar-refractivity contribution >= 4 is 34.5 Å². The van der Waals surface area contributed by atoms with Crippen molar-refractivity contribution in [2.75, 3.05) is 0 Å². The molecule has 0 heterocycles. The second kappa shape index (κ2) is 6.30. The Kier molecular flexibility index (Phi) is 4.48. The van der Waals surface area contributed by atoms with Crippen LogP contribution in [0.2, 0.25) is 0 Å². The van der Waals surface area contributed by atoms with E-state index in [-0.39, 0.29) is 11.4 Å². The minimum Gasteiger partial charge on any atom is -0.288 e. The zero-order valence-corrected chi connectivity index (χ0v) is 12.2. The molecule has 3 heteroatoms. The Morgan fingerprint density at radius 3 is 2.47 bits per heavy atom. The van der Waals surface area contributed by atoms with Crippen LogP contribution < -0.4 is 0 Å². The van der Waals surface area contributed by atoms with Crippen molar-refractivity contribution in [1.82, 2.24) is 0 Å². The number of benzene rings is 2. The number of carbonyl (C=O) groups excluding carboxylic acids is 1. The van der Waals surface area contributed by atoms with Crippen molar-refractivity contribution in [3.63, 3.8) is 0 Å². The number of nitriles is 1. The molecule has 2 rings (SSSR count). The van der Waals surface area contributed by atoms with Gasteiger partial charge < -0.3 is 0 Å². The molecule has 0 aliphatic carbocycles. The fourth-order valence-electron chi connectivity index (χ4n) is 1.66. The predicted molar refractivity (Wildman–Crippen MR) is 83.5 cm³/mol. The maximum Gasteiger partial charge on any atom is 0.203 e. The number of rotatable bonds is 3. The number of nitrogens with zero attached hydrogens (tertiary/aromatic N) is 1. The molecule has 0 aliphatic rings. The quantitative estimate of drug-likeness (QED) is 0.359. The Hall–Kier alpha value is -1.93. The maximum atomic E-state index is 12.2. The van der Waals surface area contributed by atoms with Crippen LogP contribution in [0, 0.1) is 14.9 Å². The van der Waals surface area contributed by atoms with E-state index >= 15 is 0 Å². The van der Waals surface area contributed by atoms with Gasteiger partial charge in [-0.2, -0.15) is 5.26 Å². The highest BCUT2D eigenvalue weighted by Gasteiger charge is 2.11. The highest BCUT2D eigenvalue weighted by atomic mass is 127. The summed E-state index contributed by atoms with van der Waals surface area (Å²) in [5.74, 6) is -0.248. The van der Waals surface area contributed by atoms with Gasteiger partial charge in [0, 0.05) is 9.13 Å². The van der Waals surface area contributed by atoms with Crippen LogP contribution in [0.3, 0.4) is 0 Å². The summed E-state index contributed by atoms with van der Waals surface area (Å²) >= 11 is 2.20. The highest BCUT2D eigenvalue weighted by Crippen LogP contribution is 2.14. The van der Waals surface area contributed by atoms with E-state index < -0.39 is 0 Å². The number of carbonyl (C=O) groups is 1. The van der Waals surface area contributed by atoms with Gasteiger partial charge in [0.25, 0.3) is 0 Å². The molecule has 0 unspecified atom stereocenters. The van der Waals surface area contributed by atoms with E-state index in [9.17, 15) is 4.79 Å². The van der Waals surface area contributed by atoms with Crippen molar-refractivity contribution in [2.24, 2.45) is 0 Å². The van der Waals surface area contributed by atoms with E-state index in [1.165, 1.54) is 0 Å². The second-order valence-electron chi connectivity index (χ2n) is 3.92. The number of Topliss-reactive ketones (excluding diaryl/α,β-unsaturated/α-hetero) is 1. The third kappa shape index (κ3) is 3.52. The lowest BCUT2D eigenvalue weighted by atomic mass is 10.0. The van der Waals surface area contributed by atoms with Crippen LogP contribution in [0.5, 0.6) is 0 Å². The monoisotopic (exact) mass is 359 g/mol. The summed E-state index contributed by atoms with van der Waals surface area (Å²) in [5, 5.41) is 9.15. The van der Waals surface area contributed by atoms with Gasteiger partial charge in [-0.15, -0.1) is 0 Å². The Bertz CT molecular complexity index is 669. The molecule has 0 saturated heterocycles. The number of ketones is 1. The Balaban J connectivity index is 2.36. The number of halogens is 1. The molecule has 0 spiro atoms. The van der Waals surface area contributed by atoms with E-state index in [0.717, 1.165) is 9.13 Å². The molecule has 19 heavy (non-hydrogen) atoms. The molecule has 0 aliphatic heterocycles. The summed E-state index contributed by atoms with van der Waals surface area (Å²) < 4.78 is 1.07. The summed E-state index contributed by atoms with van der Waals surface area (Å²) in [7, 11) is 0. The van der Waals surface area contributed by atoms with Crippen LogP contribution >= 0.6 is 22.6 Å². The molecule has 2 nitrogen and oxygen atoms in total. The van der Waals surface area contributed by atoms with E-state index in [2.05, 4.69) is 22.6 Å². The minimum absolute atomic E-state index is 0.146. The molecule has 0 bridgehead atoms. The first-order chi connectivity index (χ1) is 9.20. The largest absolute Gasteiger partial charge is 0.288 e. The average molecular weight is 359 g/mol. The number of allylic oxidation sites excluding steroid dienone is 1. The molecule has 0 N–H and O–H groups in total. The first-order valence-electron chi connectivity index (χ1n) is 5.68. The van der Waals surface area contributed by atoms with E-state index in [4.69, 9.17) is 5.26 Å². The molecule has 0 saturated carbocycles. The Morgan fingerprint density at radius 1 is 1.11 bits per heavy atom. The van der Waals surface area contributed by atoms with E-state index in [1.54, 1.807) is 30.3 Å². The summed E-state index contributed by atoms with van der Waals surface area (Å²) in [5.41, 5.74) is 1.53. The molecular formula is C16H10INO. The van der Waals surface area contributed by atoms with E-state index in [1.807, 2.05) is 36.4 Å². The highest BCUT2D eigenvalue weighted by molar-refractivity contribution is 14.1. The molecule has 0 radical (unpaired) electrons. The summed E-state index contributed by atoms with van der Waals surface area (Å²) in [6, 6.07) is 18.5. The number of hydrogen-bond donors (Lipinski definition) is 0. The molecule has 0 amide bonds. The van der Waals surface area contributed by atoms with E-state index in [0.29, 0.717) is 5.56 Å². The minimum atomic E-state index is -0.248. The second-order valence-corrected chi connectivity index (χ2v) is 5.17. The topological polar surface area (TPSA) is 40.9 Å². The van der Waals surface area contributed by atoms with Gasteiger partial charge in [0.15, 0.2) is 0 Å². The average Bonchev–Trinajstić information content (AvgIpc) is 2.45. The molecule has 0 fully saturated rings.